The van der Waals surface area contributed by atoms with E-state index in [1.165, 1.54) is 11.3 Å². The highest BCUT2D eigenvalue weighted by Gasteiger charge is 2.37. The van der Waals surface area contributed by atoms with Gasteiger partial charge in [-0.1, -0.05) is 11.6 Å². The second-order valence-electron chi connectivity index (χ2n) is 4.50. The van der Waals surface area contributed by atoms with Gasteiger partial charge in [-0.15, -0.1) is 0 Å². The van der Waals surface area contributed by atoms with Gasteiger partial charge in [-0.3, -0.25) is 0 Å². The van der Waals surface area contributed by atoms with Crippen LogP contribution >= 0.6 is 11.6 Å². The molecule has 0 saturated carbocycles. The van der Waals surface area contributed by atoms with Gasteiger partial charge in [-0.2, -0.15) is 0 Å². The van der Waals surface area contributed by atoms with Crippen LogP contribution in [0.2, 0.25) is 5.02 Å². The number of ether oxygens (including phenoxy) is 1. The number of nitrogens with one attached hydrogen (secondary N) is 1. The van der Waals surface area contributed by atoms with Gasteiger partial charge in [-0.25, -0.2) is 0 Å². The lowest BCUT2D eigenvalue weighted by Gasteiger charge is -2.34. The molecule has 2 aliphatic rings. The van der Waals surface area contributed by atoms with Crippen molar-refractivity contribution in [2.24, 2.45) is 0 Å². The standard InChI is InChI=1S/C12H14ClNO/c13-10-1-2-11-9(7-10)8-12(14-11)3-5-15-6-4-12/h1-2,7,14H,3-6,8H2. The Hall–Kier alpha value is -0.730. The van der Waals surface area contributed by atoms with E-state index in [0.717, 1.165) is 37.5 Å². The molecule has 0 radical (unpaired) electrons. The largest absolute Gasteiger partial charge is 0.381 e. The van der Waals surface area contributed by atoms with E-state index in [9.17, 15) is 0 Å². The first kappa shape index (κ1) is 9.49. The van der Waals surface area contributed by atoms with Gasteiger partial charge in [0.05, 0.1) is 0 Å². The lowest BCUT2D eigenvalue weighted by Crippen LogP contribution is -2.41. The zero-order valence-electron chi connectivity index (χ0n) is 8.55. The Morgan fingerprint density at radius 3 is 2.87 bits per heavy atom. The van der Waals surface area contributed by atoms with Crippen molar-refractivity contribution >= 4 is 17.3 Å². The van der Waals surface area contributed by atoms with Crippen LogP contribution in [0, 0.1) is 0 Å². The van der Waals surface area contributed by atoms with Gasteiger partial charge in [0.1, 0.15) is 0 Å². The van der Waals surface area contributed by atoms with E-state index < -0.39 is 0 Å². The summed E-state index contributed by atoms with van der Waals surface area (Å²) in [6.45, 7) is 1.74. The zero-order valence-corrected chi connectivity index (χ0v) is 9.31. The fourth-order valence-electron chi connectivity index (χ4n) is 2.59. The number of hydrogen-bond donors (Lipinski definition) is 1. The van der Waals surface area contributed by atoms with Gasteiger partial charge in [-0.05, 0) is 43.0 Å². The molecule has 80 valence electrons. The van der Waals surface area contributed by atoms with Gasteiger partial charge in [0.2, 0.25) is 0 Å². The predicted molar refractivity (Wildman–Crippen MR) is 61.6 cm³/mol. The molecular weight excluding hydrogens is 210 g/mol. The summed E-state index contributed by atoms with van der Waals surface area (Å²) in [5.41, 5.74) is 2.84. The molecule has 1 aromatic rings. The van der Waals surface area contributed by atoms with Crippen LogP contribution in [0.4, 0.5) is 5.69 Å². The monoisotopic (exact) mass is 223 g/mol. The maximum atomic E-state index is 6.00. The van der Waals surface area contributed by atoms with E-state index in [0.29, 0.717) is 0 Å². The molecule has 0 atom stereocenters. The smallest absolute Gasteiger partial charge is 0.0488 e. The van der Waals surface area contributed by atoms with Crippen LogP contribution in [0.3, 0.4) is 0 Å². The van der Waals surface area contributed by atoms with Gasteiger partial charge >= 0.3 is 0 Å². The molecule has 3 rings (SSSR count). The Bertz CT molecular complexity index is 385. The Balaban J connectivity index is 1.90. The summed E-state index contributed by atoms with van der Waals surface area (Å²) in [5.74, 6) is 0. The minimum absolute atomic E-state index is 0.241. The highest BCUT2D eigenvalue weighted by molar-refractivity contribution is 6.30. The topological polar surface area (TPSA) is 21.3 Å². The summed E-state index contributed by atoms with van der Waals surface area (Å²) >= 11 is 6.00. The lowest BCUT2D eigenvalue weighted by atomic mass is 9.87. The summed E-state index contributed by atoms with van der Waals surface area (Å²) in [6, 6.07) is 6.11. The Morgan fingerprint density at radius 1 is 1.27 bits per heavy atom. The maximum Gasteiger partial charge on any atom is 0.0488 e. The molecule has 15 heavy (non-hydrogen) atoms. The first-order chi connectivity index (χ1) is 7.27. The van der Waals surface area contributed by atoms with E-state index in [4.69, 9.17) is 16.3 Å². The van der Waals surface area contributed by atoms with Crippen LogP contribution in [0.5, 0.6) is 0 Å². The molecule has 2 nitrogen and oxygen atoms in total. The minimum Gasteiger partial charge on any atom is -0.381 e. The minimum atomic E-state index is 0.241. The molecule has 2 aliphatic heterocycles. The van der Waals surface area contributed by atoms with Crippen molar-refractivity contribution in [1.82, 2.24) is 0 Å². The molecule has 0 bridgehead atoms. The molecule has 1 spiro atoms. The highest BCUT2D eigenvalue weighted by atomic mass is 35.5. The van der Waals surface area contributed by atoms with Crippen LogP contribution in [-0.2, 0) is 11.2 Å². The van der Waals surface area contributed by atoms with Gasteiger partial charge in [0.25, 0.3) is 0 Å². The Morgan fingerprint density at radius 2 is 2.07 bits per heavy atom. The molecule has 0 unspecified atom stereocenters. The molecule has 1 N–H and O–H groups in total. The van der Waals surface area contributed by atoms with E-state index in [-0.39, 0.29) is 5.54 Å². The molecule has 1 aromatic carbocycles. The normalized spacial score (nSPS) is 22.5. The van der Waals surface area contributed by atoms with Crippen molar-refractivity contribution < 1.29 is 4.74 Å². The van der Waals surface area contributed by atoms with Crippen molar-refractivity contribution in [3.63, 3.8) is 0 Å². The van der Waals surface area contributed by atoms with Crippen molar-refractivity contribution in [3.8, 4) is 0 Å². The molecular formula is C12H14ClNO. The molecule has 2 heterocycles. The van der Waals surface area contributed by atoms with E-state index in [2.05, 4.69) is 17.4 Å². The third-order valence-corrected chi connectivity index (χ3v) is 3.68. The average Bonchev–Trinajstić information content (AvgIpc) is 2.56. The number of rotatable bonds is 0. The summed E-state index contributed by atoms with van der Waals surface area (Å²) in [6.07, 6.45) is 3.28. The molecule has 0 aliphatic carbocycles. The Labute approximate surface area is 94.6 Å². The number of hydrogen-bond acceptors (Lipinski definition) is 2. The fourth-order valence-corrected chi connectivity index (χ4v) is 2.78. The summed E-state index contributed by atoms with van der Waals surface area (Å²) in [5, 5.41) is 4.47. The number of benzene rings is 1. The van der Waals surface area contributed by atoms with Crippen LogP contribution < -0.4 is 5.32 Å². The second-order valence-corrected chi connectivity index (χ2v) is 4.93. The first-order valence-corrected chi connectivity index (χ1v) is 5.80. The van der Waals surface area contributed by atoms with Crippen molar-refractivity contribution in [2.75, 3.05) is 18.5 Å². The van der Waals surface area contributed by atoms with Gasteiger partial charge in [0.15, 0.2) is 0 Å². The summed E-state index contributed by atoms with van der Waals surface area (Å²) in [7, 11) is 0. The maximum absolute atomic E-state index is 6.00. The van der Waals surface area contributed by atoms with E-state index >= 15 is 0 Å². The third-order valence-electron chi connectivity index (χ3n) is 3.45. The van der Waals surface area contributed by atoms with Crippen molar-refractivity contribution in [1.29, 1.82) is 0 Å². The molecule has 0 aromatic heterocycles. The quantitative estimate of drug-likeness (QED) is 0.730. The van der Waals surface area contributed by atoms with Crippen LogP contribution in [0.25, 0.3) is 0 Å². The van der Waals surface area contributed by atoms with Gasteiger partial charge in [0, 0.05) is 29.5 Å². The lowest BCUT2D eigenvalue weighted by molar-refractivity contribution is 0.0624. The molecule has 1 fully saturated rings. The molecule has 0 amide bonds. The molecule has 1 saturated heterocycles. The Kier molecular flexibility index (Phi) is 2.15. The number of anilines is 1. The highest BCUT2D eigenvalue weighted by Crippen LogP contribution is 2.39. The second kappa shape index (κ2) is 3.39. The molecule has 3 heteroatoms. The fraction of sp³-hybridized carbons (Fsp3) is 0.500. The van der Waals surface area contributed by atoms with Crippen LogP contribution in [0.15, 0.2) is 18.2 Å². The average molecular weight is 224 g/mol. The summed E-state index contributed by atoms with van der Waals surface area (Å²) < 4.78 is 5.41. The van der Waals surface area contributed by atoms with E-state index in [1.54, 1.807) is 0 Å². The van der Waals surface area contributed by atoms with Crippen molar-refractivity contribution in [3.05, 3.63) is 28.8 Å². The predicted octanol–water partition coefficient (Wildman–Crippen LogP) is 2.86. The first-order valence-electron chi connectivity index (χ1n) is 5.42. The SMILES string of the molecule is Clc1ccc2c(c1)CC1(CCOCC1)N2. The number of fused-ring (bicyclic) bond motifs is 1. The number of halogens is 1. The van der Waals surface area contributed by atoms with Gasteiger partial charge < -0.3 is 10.1 Å². The third kappa shape index (κ3) is 1.62. The van der Waals surface area contributed by atoms with Crippen LogP contribution in [0.1, 0.15) is 18.4 Å². The van der Waals surface area contributed by atoms with Crippen LogP contribution in [-0.4, -0.2) is 18.8 Å². The zero-order chi connectivity index (χ0) is 10.3. The van der Waals surface area contributed by atoms with Crippen molar-refractivity contribution in [2.45, 2.75) is 24.8 Å². The summed E-state index contributed by atoms with van der Waals surface area (Å²) in [4.78, 5) is 0. The van der Waals surface area contributed by atoms with E-state index in [1.807, 2.05) is 6.07 Å².